The fourth-order valence-corrected chi connectivity index (χ4v) is 2.07. The summed E-state index contributed by atoms with van der Waals surface area (Å²) in [6.07, 6.45) is 1.69. The van der Waals surface area contributed by atoms with Crippen molar-refractivity contribution < 1.29 is 9.53 Å². The molecule has 0 atom stereocenters. The van der Waals surface area contributed by atoms with Gasteiger partial charge in [0.1, 0.15) is 5.75 Å². The smallest absolute Gasteiger partial charge is 0.251 e. The third-order valence-electron chi connectivity index (χ3n) is 2.90. The van der Waals surface area contributed by atoms with Gasteiger partial charge in [0.25, 0.3) is 5.91 Å². The first-order chi connectivity index (χ1) is 9.61. The van der Waals surface area contributed by atoms with Gasteiger partial charge in [-0.3, -0.25) is 9.78 Å². The van der Waals surface area contributed by atoms with E-state index < -0.39 is 0 Å². The van der Waals surface area contributed by atoms with Gasteiger partial charge in [0.15, 0.2) is 0 Å². The van der Waals surface area contributed by atoms with E-state index >= 15 is 0 Å². The Morgan fingerprint density at radius 1 is 1.40 bits per heavy atom. The largest absolute Gasteiger partial charge is 0.495 e. The number of nitrogens with zero attached hydrogens (tertiary/aromatic N) is 1. The van der Waals surface area contributed by atoms with E-state index in [-0.39, 0.29) is 5.91 Å². The molecule has 1 aromatic carbocycles. The fourth-order valence-electron chi connectivity index (χ4n) is 1.82. The second-order valence-electron chi connectivity index (χ2n) is 4.31. The van der Waals surface area contributed by atoms with Gasteiger partial charge < -0.3 is 10.1 Å². The first kappa shape index (κ1) is 14.3. The molecular weight excluding hydrogens is 276 g/mol. The van der Waals surface area contributed by atoms with Crippen LogP contribution in [0, 0.1) is 6.92 Å². The summed E-state index contributed by atoms with van der Waals surface area (Å²) < 4.78 is 5.12. The molecule has 20 heavy (non-hydrogen) atoms. The van der Waals surface area contributed by atoms with Crippen molar-refractivity contribution in [1.29, 1.82) is 0 Å². The minimum atomic E-state index is -0.183. The average molecular weight is 291 g/mol. The molecule has 0 saturated carbocycles. The van der Waals surface area contributed by atoms with Crippen molar-refractivity contribution in [3.63, 3.8) is 0 Å². The van der Waals surface area contributed by atoms with Crippen molar-refractivity contribution in [1.82, 2.24) is 10.3 Å². The van der Waals surface area contributed by atoms with Crippen LogP contribution in [0.4, 0.5) is 0 Å². The van der Waals surface area contributed by atoms with Crippen LogP contribution >= 0.6 is 11.6 Å². The summed E-state index contributed by atoms with van der Waals surface area (Å²) >= 11 is 6.05. The van der Waals surface area contributed by atoms with Gasteiger partial charge >= 0.3 is 0 Å². The Hall–Kier alpha value is -2.07. The highest BCUT2D eigenvalue weighted by Gasteiger charge is 2.12. The van der Waals surface area contributed by atoms with Crippen molar-refractivity contribution in [2.45, 2.75) is 13.5 Å². The predicted molar refractivity (Wildman–Crippen MR) is 78.1 cm³/mol. The van der Waals surface area contributed by atoms with Gasteiger partial charge in [0.2, 0.25) is 0 Å². The highest BCUT2D eigenvalue weighted by molar-refractivity contribution is 6.32. The van der Waals surface area contributed by atoms with Crippen LogP contribution in [0.3, 0.4) is 0 Å². The molecule has 0 aliphatic carbocycles. The number of rotatable bonds is 4. The van der Waals surface area contributed by atoms with Crippen LogP contribution < -0.4 is 10.1 Å². The minimum Gasteiger partial charge on any atom is -0.495 e. The van der Waals surface area contributed by atoms with Gasteiger partial charge in [0, 0.05) is 11.8 Å². The number of pyridine rings is 1. The molecule has 0 saturated heterocycles. The standard InChI is InChI=1S/C15H15ClN2O2/c1-10-7-14(20-2)13(16)8-12(10)15(19)18-9-11-5-3-4-6-17-11/h3-8H,9H2,1-2H3,(H,18,19). The van der Waals surface area contributed by atoms with Gasteiger partial charge in [-0.25, -0.2) is 0 Å². The van der Waals surface area contributed by atoms with E-state index in [4.69, 9.17) is 16.3 Å². The van der Waals surface area contributed by atoms with Crippen LogP contribution in [0.5, 0.6) is 5.75 Å². The monoisotopic (exact) mass is 290 g/mol. The number of nitrogens with one attached hydrogen (secondary N) is 1. The number of methoxy groups -OCH3 is 1. The first-order valence-electron chi connectivity index (χ1n) is 6.14. The Labute approximate surface area is 122 Å². The number of benzene rings is 1. The molecule has 1 N–H and O–H groups in total. The zero-order valence-corrected chi connectivity index (χ0v) is 12.1. The molecule has 1 heterocycles. The molecular formula is C15H15ClN2O2. The fraction of sp³-hybridized carbons (Fsp3) is 0.200. The third kappa shape index (κ3) is 3.27. The van der Waals surface area contributed by atoms with Crippen LogP contribution in [0.25, 0.3) is 0 Å². The second-order valence-corrected chi connectivity index (χ2v) is 4.71. The number of aromatic nitrogens is 1. The number of halogens is 1. The average Bonchev–Trinajstić information content (AvgIpc) is 2.47. The topological polar surface area (TPSA) is 51.2 Å². The Balaban J connectivity index is 2.11. The lowest BCUT2D eigenvalue weighted by Gasteiger charge is -2.10. The molecule has 0 aliphatic rings. The molecule has 104 valence electrons. The SMILES string of the molecule is COc1cc(C)c(C(=O)NCc2ccccn2)cc1Cl. The van der Waals surface area contributed by atoms with Gasteiger partial charge in [-0.1, -0.05) is 17.7 Å². The number of carbonyl (C=O) groups excluding carboxylic acids is 1. The summed E-state index contributed by atoms with van der Waals surface area (Å²) in [6, 6.07) is 8.93. The van der Waals surface area contributed by atoms with E-state index in [1.54, 1.807) is 25.4 Å². The van der Waals surface area contributed by atoms with E-state index in [1.807, 2.05) is 25.1 Å². The van der Waals surface area contributed by atoms with Crippen LogP contribution in [0.15, 0.2) is 36.5 Å². The summed E-state index contributed by atoms with van der Waals surface area (Å²) in [4.78, 5) is 16.3. The lowest BCUT2D eigenvalue weighted by molar-refractivity contribution is 0.0950. The van der Waals surface area contributed by atoms with Crippen molar-refractivity contribution >= 4 is 17.5 Å². The number of hydrogen-bond donors (Lipinski definition) is 1. The molecule has 0 radical (unpaired) electrons. The summed E-state index contributed by atoms with van der Waals surface area (Å²) in [5.41, 5.74) is 2.15. The molecule has 5 heteroatoms. The van der Waals surface area contributed by atoms with Crippen molar-refractivity contribution in [3.05, 3.63) is 58.4 Å². The lowest BCUT2D eigenvalue weighted by atomic mass is 10.1. The number of carbonyl (C=O) groups is 1. The summed E-state index contributed by atoms with van der Waals surface area (Å²) in [6.45, 7) is 2.22. The zero-order valence-electron chi connectivity index (χ0n) is 11.3. The minimum absolute atomic E-state index is 0.183. The number of amides is 1. The highest BCUT2D eigenvalue weighted by Crippen LogP contribution is 2.27. The molecule has 0 aliphatic heterocycles. The van der Waals surface area contributed by atoms with Gasteiger partial charge in [-0.05, 0) is 36.8 Å². The quantitative estimate of drug-likeness (QED) is 0.942. The van der Waals surface area contributed by atoms with Crippen LogP contribution in [-0.4, -0.2) is 18.0 Å². The van der Waals surface area contributed by atoms with Gasteiger partial charge in [-0.2, -0.15) is 0 Å². The molecule has 4 nitrogen and oxygen atoms in total. The van der Waals surface area contributed by atoms with Crippen LogP contribution in [0.1, 0.15) is 21.6 Å². The highest BCUT2D eigenvalue weighted by atomic mass is 35.5. The zero-order chi connectivity index (χ0) is 14.5. The summed E-state index contributed by atoms with van der Waals surface area (Å²) in [5, 5.41) is 3.24. The molecule has 2 aromatic rings. The summed E-state index contributed by atoms with van der Waals surface area (Å²) in [5.74, 6) is 0.378. The molecule has 2 rings (SSSR count). The van der Waals surface area contributed by atoms with E-state index in [0.29, 0.717) is 22.9 Å². The van der Waals surface area contributed by atoms with Crippen molar-refractivity contribution in [2.75, 3.05) is 7.11 Å². The van der Waals surface area contributed by atoms with Crippen molar-refractivity contribution in [3.8, 4) is 5.75 Å². The molecule has 1 amide bonds. The van der Waals surface area contributed by atoms with Gasteiger partial charge in [0.05, 0.1) is 24.4 Å². The third-order valence-corrected chi connectivity index (χ3v) is 3.20. The first-order valence-corrected chi connectivity index (χ1v) is 6.52. The number of ether oxygens (including phenoxy) is 1. The van der Waals surface area contributed by atoms with Crippen molar-refractivity contribution in [2.24, 2.45) is 0 Å². The second kappa shape index (κ2) is 6.39. The molecule has 0 fully saturated rings. The maximum absolute atomic E-state index is 12.2. The normalized spacial score (nSPS) is 10.2. The maximum atomic E-state index is 12.2. The van der Waals surface area contributed by atoms with E-state index in [9.17, 15) is 4.79 Å². The molecule has 0 bridgehead atoms. The van der Waals surface area contributed by atoms with Gasteiger partial charge in [-0.15, -0.1) is 0 Å². The Bertz CT molecular complexity index is 615. The number of hydrogen-bond acceptors (Lipinski definition) is 3. The lowest BCUT2D eigenvalue weighted by Crippen LogP contribution is -2.24. The van der Waals surface area contributed by atoms with E-state index in [1.165, 1.54) is 0 Å². The van der Waals surface area contributed by atoms with E-state index in [2.05, 4.69) is 10.3 Å². The Morgan fingerprint density at radius 3 is 2.85 bits per heavy atom. The molecule has 0 unspecified atom stereocenters. The van der Waals surface area contributed by atoms with Crippen LogP contribution in [0.2, 0.25) is 5.02 Å². The van der Waals surface area contributed by atoms with E-state index in [0.717, 1.165) is 11.3 Å². The number of aryl methyl sites for hydroxylation is 1. The molecule has 0 spiro atoms. The summed E-state index contributed by atoms with van der Waals surface area (Å²) in [7, 11) is 1.54. The maximum Gasteiger partial charge on any atom is 0.251 e. The van der Waals surface area contributed by atoms with Crippen LogP contribution in [-0.2, 0) is 6.54 Å². The Kier molecular flexibility index (Phi) is 4.58. The molecule has 1 aromatic heterocycles. The predicted octanol–water partition coefficient (Wildman–Crippen LogP) is 2.98. The Morgan fingerprint density at radius 2 is 2.20 bits per heavy atom.